The topological polar surface area (TPSA) is 12.5 Å². The van der Waals surface area contributed by atoms with Gasteiger partial charge in [-0.15, -0.1) is 5.06 Å². The van der Waals surface area contributed by atoms with E-state index >= 15 is 0 Å². The van der Waals surface area contributed by atoms with Gasteiger partial charge in [-0.1, -0.05) is 6.42 Å². The van der Waals surface area contributed by atoms with Gasteiger partial charge in [-0.2, -0.15) is 0 Å². The molecule has 0 bridgehead atoms. The maximum Gasteiger partial charge on any atom is 0.148 e. The molecule has 1 heterocycles. The van der Waals surface area contributed by atoms with Crippen molar-refractivity contribution >= 4 is 0 Å². The van der Waals surface area contributed by atoms with E-state index in [0.717, 1.165) is 18.8 Å². The molecule has 1 aromatic carbocycles. The number of hydrogen-bond donors (Lipinski definition) is 0. The molecule has 1 aliphatic rings. The summed E-state index contributed by atoms with van der Waals surface area (Å²) in [7, 11) is 0. The van der Waals surface area contributed by atoms with Crippen LogP contribution in [0.3, 0.4) is 0 Å². The van der Waals surface area contributed by atoms with E-state index in [9.17, 15) is 0 Å². The van der Waals surface area contributed by atoms with Gasteiger partial charge in [0.15, 0.2) is 0 Å². The number of nitrogens with zero attached hydrogens (tertiary/aromatic N) is 1. The second kappa shape index (κ2) is 4.88. The average molecular weight is 219 g/mol. The van der Waals surface area contributed by atoms with Gasteiger partial charge in [-0.25, -0.2) is 0 Å². The predicted octanol–water partition coefficient (Wildman–Crippen LogP) is 3.39. The first-order valence-electron chi connectivity index (χ1n) is 6.17. The Balaban J connectivity index is 2.09. The number of rotatable bonds is 2. The van der Waals surface area contributed by atoms with E-state index in [1.165, 1.54) is 36.0 Å². The molecule has 0 aromatic heterocycles. The van der Waals surface area contributed by atoms with Crippen LogP contribution in [0.15, 0.2) is 12.1 Å². The molecule has 16 heavy (non-hydrogen) atoms. The highest BCUT2D eigenvalue weighted by molar-refractivity contribution is 5.39. The minimum atomic E-state index is 0.988. The summed E-state index contributed by atoms with van der Waals surface area (Å²) in [5.74, 6) is 0.988. The molecule has 2 heteroatoms. The Labute approximate surface area is 98.2 Å². The van der Waals surface area contributed by atoms with Crippen molar-refractivity contribution < 1.29 is 4.84 Å². The highest BCUT2D eigenvalue weighted by atomic mass is 16.7. The van der Waals surface area contributed by atoms with Gasteiger partial charge in [0.25, 0.3) is 0 Å². The van der Waals surface area contributed by atoms with Crippen molar-refractivity contribution in [3.8, 4) is 5.75 Å². The second-order valence-electron chi connectivity index (χ2n) is 4.76. The number of piperidine rings is 1. The maximum absolute atomic E-state index is 5.91. The zero-order valence-corrected chi connectivity index (χ0v) is 10.5. The molecule has 0 unspecified atom stereocenters. The van der Waals surface area contributed by atoms with Crippen molar-refractivity contribution in [2.24, 2.45) is 0 Å². The van der Waals surface area contributed by atoms with Gasteiger partial charge in [-0.05, 0) is 62.4 Å². The third-order valence-electron chi connectivity index (χ3n) is 3.45. The first-order valence-corrected chi connectivity index (χ1v) is 6.17. The summed E-state index contributed by atoms with van der Waals surface area (Å²) < 4.78 is 0. The molecule has 1 aromatic rings. The monoisotopic (exact) mass is 219 g/mol. The van der Waals surface area contributed by atoms with E-state index in [1.807, 2.05) is 0 Å². The van der Waals surface area contributed by atoms with Crippen LogP contribution in [0, 0.1) is 20.8 Å². The Morgan fingerprint density at radius 3 is 2.06 bits per heavy atom. The van der Waals surface area contributed by atoms with E-state index in [1.54, 1.807) is 0 Å². The lowest BCUT2D eigenvalue weighted by Gasteiger charge is -2.26. The summed E-state index contributed by atoms with van der Waals surface area (Å²) in [4.78, 5) is 5.91. The Kier molecular flexibility index (Phi) is 3.49. The van der Waals surface area contributed by atoms with Crippen LogP contribution in [0.5, 0.6) is 5.75 Å². The van der Waals surface area contributed by atoms with Crippen molar-refractivity contribution in [3.63, 3.8) is 0 Å². The molecule has 0 radical (unpaired) electrons. The van der Waals surface area contributed by atoms with Crippen molar-refractivity contribution in [2.75, 3.05) is 13.1 Å². The molecule has 2 rings (SSSR count). The van der Waals surface area contributed by atoms with Crippen LogP contribution >= 0.6 is 0 Å². The molecule has 2 nitrogen and oxygen atoms in total. The summed E-state index contributed by atoms with van der Waals surface area (Å²) in [6.07, 6.45) is 3.85. The normalized spacial score (nSPS) is 17.4. The number of aryl methyl sites for hydroxylation is 2. The largest absolute Gasteiger partial charge is 0.406 e. The molecule has 1 fully saturated rings. The zero-order chi connectivity index (χ0) is 11.5. The molecule has 0 saturated carbocycles. The van der Waals surface area contributed by atoms with Crippen LogP contribution in [-0.2, 0) is 0 Å². The summed E-state index contributed by atoms with van der Waals surface area (Å²) in [6, 6.07) is 4.27. The van der Waals surface area contributed by atoms with Crippen LogP contribution in [0.25, 0.3) is 0 Å². The summed E-state index contributed by atoms with van der Waals surface area (Å²) in [6.45, 7) is 8.57. The molecule has 1 saturated heterocycles. The predicted molar refractivity (Wildman–Crippen MR) is 66.7 cm³/mol. The minimum absolute atomic E-state index is 0.988. The van der Waals surface area contributed by atoms with Crippen molar-refractivity contribution in [1.82, 2.24) is 5.06 Å². The molecule has 0 N–H and O–H groups in total. The van der Waals surface area contributed by atoms with Crippen LogP contribution in [0.1, 0.15) is 36.0 Å². The molecular weight excluding hydrogens is 198 g/mol. The van der Waals surface area contributed by atoms with Crippen LogP contribution < -0.4 is 4.84 Å². The van der Waals surface area contributed by atoms with E-state index in [-0.39, 0.29) is 0 Å². The Morgan fingerprint density at radius 2 is 1.50 bits per heavy atom. The van der Waals surface area contributed by atoms with E-state index in [4.69, 9.17) is 4.84 Å². The van der Waals surface area contributed by atoms with Crippen molar-refractivity contribution in [3.05, 3.63) is 28.8 Å². The van der Waals surface area contributed by atoms with Crippen LogP contribution in [0.4, 0.5) is 0 Å². The van der Waals surface area contributed by atoms with Gasteiger partial charge in [0.1, 0.15) is 5.75 Å². The Morgan fingerprint density at radius 1 is 0.938 bits per heavy atom. The summed E-state index contributed by atoms with van der Waals surface area (Å²) >= 11 is 0. The van der Waals surface area contributed by atoms with Gasteiger partial charge in [-0.3, -0.25) is 0 Å². The molecule has 0 spiro atoms. The average Bonchev–Trinajstić information content (AvgIpc) is 2.27. The molecule has 0 aliphatic carbocycles. The minimum Gasteiger partial charge on any atom is -0.406 e. The fraction of sp³-hybridized carbons (Fsp3) is 0.571. The lowest BCUT2D eigenvalue weighted by molar-refractivity contribution is -0.0720. The van der Waals surface area contributed by atoms with Gasteiger partial charge < -0.3 is 4.84 Å². The third-order valence-corrected chi connectivity index (χ3v) is 3.45. The smallest absolute Gasteiger partial charge is 0.148 e. The number of hydroxylamine groups is 2. The van der Waals surface area contributed by atoms with Crippen LogP contribution in [0.2, 0.25) is 0 Å². The lowest BCUT2D eigenvalue weighted by Crippen LogP contribution is -2.32. The first kappa shape index (κ1) is 11.5. The SMILES string of the molecule is Cc1cc(ON2CCCCC2)cc(C)c1C. The van der Waals surface area contributed by atoms with E-state index in [0.29, 0.717) is 0 Å². The van der Waals surface area contributed by atoms with Gasteiger partial charge in [0.05, 0.1) is 0 Å². The highest BCUT2D eigenvalue weighted by Gasteiger charge is 2.12. The van der Waals surface area contributed by atoms with E-state index < -0.39 is 0 Å². The molecule has 88 valence electrons. The zero-order valence-electron chi connectivity index (χ0n) is 10.5. The van der Waals surface area contributed by atoms with Crippen molar-refractivity contribution in [2.45, 2.75) is 40.0 Å². The number of hydrogen-bond acceptors (Lipinski definition) is 2. The molecule has 1 aliphatic heterocycles. The summed E-state index contributed by atoms with van der Waals surface area (Å²) in [5, 5.41) is 2.09. The number of benzene rings is 1. The van der Waals surface area contributed by atoms with Crippen molar-refractivity contribution in [1.29, 1.82) is 0 Å². The second-order valence-corrected chi connectivity index (χ2v) is 4.76. The lowest BCUT2D eigenvalue weighted by atomic mass is 10.0. The maximum atomic E-state index is 5.91. The molecule has 0 atom stereocenters. The molecule has 0 amide bonds. The third kappa shape index (κ3) is 2.56. The molecular formula is C14H21NO. The fourth-order valence-corrected chi connectivity index (χ4v) is 2.15. The fourth-order valence-electron chi connectivity index (χ4n) is 2.15. The quantitative estimate of drug-likeness (QED) is 0.756. The first-order chi connectivity index (χ1) is 7.66. The Hall–Kier alpha value is -1.02. The Bertz CT molecular complexity index is 344. The van der Waals surface area contributed by atoms with Gasteiger partial charge >= 0.3 is 0 Å². The summed E-state index contributed by atoms with van der Waals surface area (Å²) in [5.41, 5.74) is 3.99. The van der Waals surface area contributed by atoms with Crippen LogP contribution in [-0.4, -0.2) is 18.2 Å². The standard InChI is InChI=1S/C14H21NO/c1-11-9-14(10-12(2)13(11)3)16-15-7-5-4-6-8-15/h9-10H,4-8H2,1-3H3. The van der Waals surface area contributed by atoms with Gasteiger partial charge in [0, 0.05) is 13.1 Å². The van der Waals surface area contributed by atoms with E-state index in [2.05, 4.69) is 38.0 Å². The highest BCUT2D eigenvalue weighted by Crippen LogP contribution is 2.22. The van der Waals surface area contributed by atoms with Gasteiger partial charge in [0.2, 0.25) is 0 Å².